The smallest absolute Gasteiger partial charge is 0.322 e. The highest BCUT2D eigenvalue weighted by molar-refractivity contribution is 6.08. The van der Waals surface area contributed by atoms with Crippen molar-refractivity contribution in [1.82, 2.24) is 10.6 Å². The van der Waals surface area contributed by atoms with Crippen molar-refractivity contribution in [1.29, 1.82) is 0 Å². The van der Waals surface area contributed by atoms with Crippen molar-refractivity contribution < 1.29 is 14.4 Å². The molecule has 1 spiro atoms. The molecule has 1 aromatic rings. The summed E-state index contributed by atoms with van der Waals surface area (Å²) >= 11 is 0. The van der Waals surface area contributed by atoms with E-state index in [0.717, 1.165) is 11.1 Å². The molecule has 6 nitrogen and oxygen atoms in total. The van der Waals surface area contributed by atoms with E-state index in [9.17, 15) is 14.4 Å². The Balaban J connectivity index is 1.98. The Bertz CT molecular complexity index is 596. The molecule has 0 saturated carbocycles. The van der Waals surface area contributed by atoms with Gasteiger partial charge in [-0.1, -0.05) is 6.07 Å². The Morgan fingerprint density at radius 3 is 2.56 bits per heavy atom. The lowest BCUT2D eigenvalue weighted by Gasteiger charge is -2.18. The van der Waals surface area contributed by atoms with E-state index in [1.807, 2.05) is 0 Å². The van der Waals surface area contributed by atoms with Crippen LogP contribution in [0.15, 0.2) is 18.2 Å². The van der Waals surface area contributed by atoms with Crippen molar-refractivity contribution in [2.24, 2.45) is 5.73 Å². The first kappa shape index (κ1) is 10.8. The summed E-state index contributed by atoms with van der Waals surface area (Å²) in [5.41, 5.74) is 6.57. The molecular formula is C12H11N3O3. The standard InChI is InChI=1S/C12H11N3O3/c13-9(16)6-1-2-7-4-12(5-8(7)3-6)10(17)14-11(18)15-12/h1-3H,4-5H2,(H2,13,16)(H2,14,15,17,18). The predicted molar refractivity (Wildman–Crippen MR) is 61.8 cm³/mol. The number of rotatable bonds is 1. The first-order valence-corrected chi connectivity index (χ1v) is 5.55. The molecular weight excluding hydrogens is 234 g/mol. The van der Waals surface area contributed by atoms with Gasteiger partial charge in [0, 0.05) is 18.4 Å². The molecule has 18 heavy (non-hydrogen) atoms. The summed E-state index contributed by atoms with van der Waals surface area (Å²) in [5, 5.41) is 4.90. The molecule has 6 heteroatoms. The van der Waals surface area contributed by atoms with Crippen LogP contribution in [-0.4, -0.2) is 23.4 Å². The second-order valence-corrected chi connectivity index (χ2v) is 4.69. The molecule has 1 aliphatic carbocycles. The van der Waals surface area contributed by atoms with E-state index in [-0.39, 0.29) is 5.91 Å². The van der Waals surface area contributed by atoms with Gasteiger partial charge >= 0.3 is 6.03 Å². The molecule has 4 N–H and O–H groups in total. The summed E-state index contributed by atoms with van der Waals surface area (Å²) in [6.45, 7) is 0. The Hall–Kier alpha value is -2.37. The van der Waals surface area contributed by atoms with Crippen molar-refractivity contribution in [3.63, 3.8) is 0 Å². The van der Waals surface area contributed by atoms with E-state index in [4.69, 9.17) is 5.73 Å². The summed E-state index contributed by atoms with van der Waals surface area (Å²) in [6.07, 6.45) is 0.833. The molecule has 3 rings (SSSR count). The number of carbonyl (C=O) groups excluding carboxylic acids is 3. The number of hydrogen-bond donors (Lipinski definition) is 3. The molecule has 2 aliphatic rings. The zero-order chi connectivity index (χ0) is 12.9. The molecule has 1 fully saturated rings. The topological polar surface area (TPSA) is 101 Å². The van der Waals surface area contributed by atoms with E-state index < -0.39 is 17.5 Å². The number of carbonyl (C=O) groups is 3. The van der Waals surface area contributed by atoms with E-state index in [0.29, 0.717) is 18.4 Å². The van der Waals surface area contributed by atoms with Gasteiger partial charge in [0.05, 0.1) is 0 Å². The highest BCUT2D eigenvalue weighted by atomic mass is 16.2. The molecule has 0 radical (unpaired) electrons. The van der Waals surface area contributed by atoms with Crippen LogP contribution in [0.4, 0.5) is 4.79 Å². The van der Waals surface area contributed by atoms with E-state index in [1.54, 1.807) is 18.2 Å². The van der Waals surface area contributed by atoms with Crippen LogP contribution in [0.25, 0.3) is 0 Å². The lowest BCUT2D eigenvalue weighted by molar-refractivity contribution is -0.123. The van der Waals surface area contributed by atoms with Crippen LogP contribution >= 0.6 is 0 Å². The quantitative estimate of drug-likeness (QED) is 0.579. The molecule has 1 unspecified atom stereocenters. The molecule has 0 aromatic heterocycles. The minimum atomic E-state index is -0.893. The number of urea groups is 1. The maximum Gasteiger partial charge on any atom is 0.322 e. The second-order valence-electron chi connectivity index (χ2n) is 4.69. The monoisotopic (exact) mass is 245 g/mol. The number of imide groups is 1. The lowest BCUT2D eigenvalue weighted by atomic mass is 9.96. The Morgan fingerprint density at radius 1 is 1.22 bits per heavy atom. The van der Waals surface area contributed by atoms with Gasteiger partial charge in [-0.05, 0) is 23.3 Å². The fourth-order valence-corrected chi connectivity index (χ4v) is 2.61. The Morgan fingerprint density at radius 2 is 1.94 bits per heavy atom. The van der Waals surface area contributed by atoms with E-state index in [1.165, 1.54) is 0 Å². The third-order valence-electron chi connectivity index (χ3n) is 3.49. The molecule has 92 valence electrons. The average molecular weight is 245 g/mol. The van der Waals surface area contributed by atoms with Crippen molar-refractivity contribution >= 4 is 17.8 Å². The van der Waals surface area contributed by atoms with Gasteiger partial charge in [0.15, 0.2) is 0 Å². The number of fused-ring (bicyclic) bond motifs is 1. The second kappa shape index (κ2) is 3.32. The summed E-state index contributed by atoms with van der Waals surface area (Å²) < 4.78 is 0. The number of benzene rings is 1. The van der Waals surface area contributed by atoms with Crippen molar-refractivity contribution in [2.45, 2.75) is 18.4 Å². The molecule has 4 amide bonds. The number of nitrogens with one attached hydrogen (secondary N) is 2. The number of hydrogen-bond acceptors (Lipinski definition) is 3. The first-order chi connectivity index (χ1) is 8.50. The van der Waals surface area contributed by atoms with Crippen molar-refractivity contribution in [2.75, 3.05) is 0 Å². The zero-order valence-corrected chi connectivity index (χ0v) is 9.45. The average Bonchev–Trinajstić information content (AvgIpc) is 2.78. The molecule has 1 heterocycles. The van der Waals surface area contributed by atoms with Crippen LogP contribution in [0, 0.1) is 0 Å². The fourth-order valence-electron chi connectivity index (χ4n) is 2.61. The normalized spacial score (nSPS) is 24.9. The lowest BCUT2D eigenvalue weighted by Crippen LogP contribution is -2.47. The largest absolute Gasteiger partial charge is 0.366 e. The van der Waals surface area contributed by atoms with E-state index >= 15 is 0 Å². The van der Waals surface area contributed by atoms with Gasteiger partial charge < -0.3 is 11.1 Å². The van der Waals surface area contributed by atoms with Gasteiger partial charge in [-0.2, -0.15) is 0 Å². The predicted octanol–water partition coefficient (Wildman–Crippen LogP) is -0.538. The van der Waals surface area contributed by atoms with Gasteiger partial charge in [0.1, 0.15) is 5.54 Å². The van der Waals surface area contributed by atoms with Gasteiger partial charge in [-0.25, -0.2) is 4.79 Å². The summed E-state index contributed by atoms with van der Waals surface area (Å²) in [7, 11) is 0. The van der Waals surface area contributed by atoms with Crippen molar-refractivity contribution in [3.8, 4) is 0 Å². The first-order valence-electron chi connectivity index (χ1n) is 5.55. The fraction of sp³-hybridized carbons (Fsp3) is 0.250. The van der Waals surface area contributed by atoms with Crippen LogP contribution in [-0.2, 0) is 17.6 Å². The molecule has 1 aromatic carbocycles. The third-order valence-corrected chi connectivity index (χ3v) is 3.49. The van der Waals surface area contributed by atoms with Gasteiger partial charge in [-0.3, -0.25) is 14.9 Å². The number of nitrogens with two attached hydrogens (primary N) is 1. The minimum absolute atomic E-state index is 0.315. The van der Waals surface area contributed by atoms with Crippen LogP contribution in [0.1, 0.15) is 21.5 Å². The third kappa shape index (κ3) is 1.38. The van der Waals surface area contributed by atoms with Gasteiger partial charge in [0.2, 0.25) is 5.91 Å². The molecule has 1 atom stereocenters. The van der Waals surface area contributed by atoms with Crippen LogP contribution in [0.2, 0.25) is 0 Å². The van der Waals surface area contributed by atoms with Crippen LogP contribution in [0.3, 0.4) is 0 Å². The van der Waals surface area contributed by atoms with Gasteiger partial charge in [-0.15, -0.1) is 0 Å². The zero-order valence-electron chi connectivity index (χ0n) is 9.45. The Labute approximate surface area is 103 Å². The van der Waals surface area contributed by atoms with Crippen molar-refractivity contribution in [3.05, 3.63) is 34.9 Å². The highest BCUT2D eigenvalue weighted by Crippen LogP contribution is 2.32. The number of amides is 4. The SMILES string of the molecule is NC(=O)c1ccc2c(c1)CC1(C2)NC(=O)NC1=O. The van der Waals surface area contributed by atoms with Crippen LogP contribution < -0.4 is 16.4 Å². The van der Waals surface area contributed by atoms with E-state index in [2.05, 4.69) is 10.6 Å². The summed E-state index contributed by atoms with van der Waals surface area (Å²) in [5.74, 6) is -0.817. The maximum absolute atomic E-state index is 11.8. The minimum Gasteiger partial charge on any atom is -0.366 e. The Kier molecular flexibility index (Phi) is 1.98. The number of primary amides is 1. The highest BCUT2D eigenvalue weighted by Gasteiger charge is 2.49. The summed E-state index contributed by atoms with van der Waals surface area (Å²) in [4.78, 5) is 34.1. The maximum atomic E-state index is 11.8. The van der Waals surface area contributed by atoms with Crippen LogP contribution in [0.5, 0.6) is 0 Å². The molecule has 0 bridgehead atoms. The summed E-state index contributed by atoms with van der Waals surface area (Å²) in [6, 6.07) is 4.63. The molecule has 1 saturated heterocycles. The molecule has 1 aliphatic heterocycles. The van der Waals surface area contributed by atoms with Gasteiger partial charge in [0.25, 0.3) is 5.91 Å².